The Kier molecular flexibility index (Phi) is 7.28. The Morgan fingerprint density at radius 3 is 2.00 bits per heavy atom. The van der Waals surface area contributed by atoms with Gasteiger partial charge in [0.2, 0.25) is 5.91 Å². The third-order valence-corrected chi connectivity index (χ3v) is 6.39. The molecule has 31 heavy (non-hydrogen) atoms. The third-order valence-electron chi connectivity index (χ3n) is 5.02. The van der Waals surface area contributed by atoms with Crippen molar-refractivity contribution in [3.63, 3.8) is 0 Å². The van der Waals surface area contributed by atoms with Crippen LogP contribution in [0.5, 0.6) is 0 Å². The molecule has 2 N–H and O–H groups in total. The highest BCUT2D eigenvalue weighted by Crippen LogP contribution is 2.30. The zero-order valence-corrected chi connectivity index (χ0v) is 19.4. The first-order valence-electron chi connectivity index (χ1n) is 10.0. The molecule has 2 rings (SSSR count). The SMILES string of the molecule is CC(C)c1cc(F)cc(C(C)C)c1CC(=O)NS(=O)(=O)c1ccc(F)c(C(C)(C)O)c1. The summed E-state index contributed by atoms with van der Waals surface area (Å²) in [5.74, 6) is -2.09. The molecule has 0 aliphatic carbocycles. The van der Waals surface area contributed by atoms with Crippen LogP contribution < -0.4 is 4.72 Å². The van der Waals surface area contributed by atoms with E-state index in [-0.39, 0.29) is 28.7 Å². The lowest BCUT2D eigenvalue weighted by Crippen LogP contribution is -2.33. The van der Waals surface area contributed by atoms with Crippen molar-refractivity contribution in [1.82, 2.24) is 4.72 Å². The summed E-state index contributed by atoms with van der Waals surface area (Å²) in [4.78, 5) is 12.3. The first-order valence-corrected chi connectivity index (χ1v) is 11.5. The largest absolute Gasteiger partial charge is 0.386 e. The number of hydrogen-bond donors (Lipinski definition) is 2. The third kappa shape index (κ3) is 5.89. The average Bonchev–Trinajstić information content (AvgIpc) is 2.61. The molecule has 5 nitrogen and oxygen atoms in total. The van der Waals surface area contributed by atoms with E-state index >= 15 is 0 Å². The Morgan fingerprint density at radius 1 is 1.03 bits per heavy atom. The predicted octanol–water partition coefficient (Wildman–Crippen LogP) is 4.49. The van der Waals surface area contributed by atoms with Crippen LogP contribution in [0.1, 0.15) is 75.6 Å². The summed E-state index contributed by atoms with van der Waals surface area (Å²) in [7, 11) is -4.30. The zero-order valence-electron chi connectivity index (χ0n) is 18.6. The number of amides is 1. The first-order chi connectivity index (χ1) is 14.1. The molecule has 170 valence electrons. The summed E-state index contributed by atoms with van der Waals surface area (Å²) in [6.45, 7) is 10.1. The van der Waals surface area contributed by atoms with Crippen molar-refractivity contribution < 1.29 is 27.1 Å². The van der Waals surface area contributed by atoms with E-state index in [4.69, 9.17) is 0 Å². The molecule has 0 aliphatic rings. The highest BCUT2D eigenvalue weighted by molar-refractivity contribution is 7.90. The maximum Gasteiger partial charge on any atom is 0.264 e. The van der Waals surface area contributed by atoms with Crippen LogP contribution in [0, 0.1) is 11.6 Å². The second-order valence-corrected chi connectivity index (χ2v) is 10.5. The molecule has 1 amide bonds. The maximum absolute atomic E-state index is 14.1. The first kappa shape index (κ1) is 24.9. The van der Waals surface area contributed by atoms with Gasteiger partial charge in [-0.1, -0.05) is 27.7 Å². The highest BCUT2D eigenvalue weighted by Gasteiger charge is 2.26. The minimum Gasteiger partial charge on any atom is -0.386 e. The number of hydrogen-bond acceptors (Lipinski definition) is 4. The van der Waals surface area contributed by atoms with Crippen LogP contribution in [0.4, 0.5) is 8.78 Å². The van der Waals surface area contributed by atoms with E-state index in [0.717, 1.165) is 18.2 Å². The van der Waals surface area contributed by atoms with Gasteiger partial charge in [-0.15, -0.1) is 0 Å². The van der Waals surface area contributed by atoms with E-state index in [1.807, 2.05) is 32.4 Å². The Hall–Kier alpha value is -2.32. The molecule has 2 aromatic rings. The van der Waals surface area contributed by atoms with Gasteiger partial charge < -0.3 is 5.11 Å². The van der Waals surface area contributed by atoms with E-state index in [2.05, 4.69) is 0 Å². The molecule has 0 atom stereocenters. The Balaban J connectivity index is 2.39. The fraction of sp³-hybridized carbons (Fsp3) is 0.435. The van der Waals surface area contributed by atoms with Crippen molar-refractivity contribution in [2.45, 2.75) is 70.3 Å². The number of benzene rings is 2. The van der Waals surface area contributed by atoms with Crippen LogP contribution in [0.25, 0.3) is 0 Å². The fourth-order valence-corrected chi connectivity index (χ4v) is 4.47. The molecule has 0 heterocycles. The summed E-state index contributed by atoms with van der Waals surface area (Å²) in [5, 5.41) is 10.1. The molecule has 0 aromatic heterocycles. The number of sulfonamides is 1. The van der Waals surface area contributed by atoms with Crippen molar-refractivity contribution in [1.29, 1.82) is 0 Å². The van der Waals surface area contributed by atoms with Crippen LogP contribution in [0.15, 0.2) is 35.2 Å². The molecule has 8 heteroatoms. The van der Waals surface area contributed by atoms with Crippen molar-refractivity contribution >= 4 is 15.9 Å². The minimum atomic E-state index is -4.30. The van der Waals surface area contributed by atoms with Crippen LogP contribution in [0.2, 0.25) is 0 Å². The highest BCUT2D eigenvalue weighted by atomic mass is 32.2. The molecule has 0 radical (unpaired) electrons. The lowest BCUT2D eigenvalue weighted by atomic mass is 9.87. The van der Waals surface area contributed by atoms with Crippen molar-refractivity contribution in [2.75, 3.05) is 0 Å². The van der Waals surface area contributed by atoms with E-state index in [1.165, 1.54) is 26.0 Å². The van der Waals surface area contributed by atoms with Crippen LogP contribution in [-0.2, 0) is 26.8 Å². The second-order valence-electron chi connectivity index (χ2n) is 8.78. The number of carbonyl (C=O) groups excluding carboxylic acids is 1. The van der Waals surface area contributed by atoms with E-state index in [9.17, 15) is 27.1 Å². The topological polar surface area (TPSA) is 83.5 Å². The molecule has 0 bridgehead atoms. The van der Waals surface area contributed by atoms with E-state index in [1.54, 1.807) is 0 Å². The summed E-state index contributed by atoms with van der Waals surface area (Å²) in [6, 6.07) is 5.69. The summed E-state index contributed by atoms with van der Waals surface area (Å²) in [6.07, 6.45) is -0.250. The van der Waals surface area contributed by atoms with Gasteiger partial charge in [0.15, 0.2) is 0 Å². The normalized spacial score (nSPS) is 12.5. The smallest absolute Gasteiger partial charge is 0.264 e. The summed E-state index contributed by atoms with van der Waals surface area (Å²) in [5.41, 5.74) is 0.0668. The molecule has 2 aromatic carbocycles. The monoisotopic (exact) mass is 453 g/mol. The fourth-order valence-electron chi connectivity index (χ4n) is 3.46. The van der Waals surface area contributed by atoms with E-state index in [0.29, 0.717) is 16.7 Å². The number of halogens is 2. The lowest BCUT2D eigenvalue weighted by Gasteiger charge is -2.20. The van der Waals surface area contributed by atoms with Gasteiger partial charge in [0.1, 0.15) is 11.6 Å². The number of carbonyl (C=O) groups is 1. The Bertz CT molecular complexity index is 1060. The van der Waals surface area contributed by atoms with Gasteiger partial charge in [-0.05, 0) is 72.7 Å². The molecule has 0 spiro atoms. The van der Waals surface area contributed by atoms with Gasteiger partial charge in [-0.3, -0.25) is 4.79 Å². The van der Waals surface area contributed by atoms with Gasteiger partial charge in [0.25, 0.3) is 10.0 Å². The van der Waals surface area contributed by atoms with Crippen molar-refractivity contribution in [2.24, 2.45) is 0 Å². The molecular weight excluding hydrogens is 424 g/mol. The standard InChI is InChI=1S/C23H29F2NO4S/c1-13(2)17-9-15(24)10-18(14(3)4)19(17)12-22(27)26-31(29,30)16-7-8-21(25)20(11-16)23(5,6)28/h7-11,13-14,28H,12H2,1-6H3,(H,26,27). The van der Waals surface area contributed by atoms with Crippen LogP contribution in [0.3, 0.4) is 0 Å². The molecule has 0 saturated carbocycles. The van der Waals surface area contributed by atoms with E-state index < -0.39 is 33.2 Å². The molecule has 0 unspecified atom stereocenters. The van der Waals surface area contributed by atoms with Gasteiger partial charge >= 0.3 is 0 Å². The number of rotatable bonds is 7. The average molecular weight is 454 g/mol. The van der Waals surface area contributed by atoms with Gasteiger partial charge in [-0.25, -0.2) is 21.9 Å². The number of nitrogens with one attached hydrogen (secondary N) is 1. The second kappa shape index (κ2) is 9.04. The van der Waals surface area contributed by atoms with Crippen LogP contribution >= 0.6 is 0 Å². The van der Waals surface area contributed by atoms with Gasteiger partial charge in [-0.2, -0.15) is 0 Å². The molecule has 0 aliphatic heterocycles. The predicted molar refractivity (Wildman–Crippen MR) is 115 cm³/mol. The maximum atomic E-state index is 14.1. The molecule has 0 fully saturated rings. The summed E-state index contributed by atoms with van der Waals surface area (Å²) >= 11 is 0. The number of aliphatic hydroxyl groups is 1. The Labute approximate surface area is 182 Å². The molecular formula is C23H29F2NO4S. The Morgan fingerprint density at radius 2 is 1.55 bits per heavy atom. The molecule has 0 saturated heterocycles. The minimum absolute atomic E-state index is 0.0703. The van der Waals surface area contributed by atoms with Gasteiger partial charge in [0.05, 0.1) is 16.9 Å². The van der Waals surface area contributed by atoms with Crippen molar-refractivity contribution in [3.05, 3.63) is 64.2 Å². The summed E-state index contributed by atoms with van der Waals surface area (Å²) < 4.78 is 55.5. The lowest BCUT2D eigenvalue weighted by molar-refractivity contribution is -0.118. The van der Waals surface area contributed by atoms with Crippen molar-refractivity contribution in [3.8, 4) is 0 Å². The van der Waals surface area contributed by atoms with Crippen LogP contribution in [-0.4, -0.2) is 19.4 Å². The zero-order chi connectivity index (χ0) is 23.7. The van der Waals surface area contributed by atoms with Gasteiger partial charge in [0, 0.05) is 5.56 Å². The quantitative estimate of drug-likeness (QED) is 0.647.